The molecule has 8 rings (SSSR count). The SMILES string of the molecule is CC(C)c1cccc([Si](c2ccccc2)(c2ccccc2)c2ccccc2)c1OOc1c(C(C)C)cccc1[Si](c1ccccc1)(c1ccccc1)c1ccccc1. The summed E-state index contributed by atoms with van der Waals surface area (Å²) < 4.78 is 0. The topological polar surface area (TPSA) is 18.5 Å². The summed E-state index contributed by atoms with van der Waals surface area (Å²) in [4.78, 5) is 14.4. The second-order valence-corrected chi connectivity index (χ2v) is 23.2. The van der Waals surface area contributed by atoms with Gasteiger partial charge in [-0.15, -0.1) is 0 Å². The van der Waals surface area contributed by atoms with Crippen LogP contribution in [-0.2, 0) is 0 Å². The molecule has 58 heavy (non-hydrogen) atoms. The van der Waals surface area contributed by atoms with Crippen LogP contribution in [-0.4, -0.2) is 16.1 Å². The Morgan fingerprint density at radius 2 is 0.500 bits per heavy atom. The van der Waals surface area contributed by atoms with E-state index in [1.54, 1.807) is 0 Å². The zero-order valence-corrected chi connectivity index (χ0v) is 35.8. The molecule has 0 N–H and O–H groups in total. The molecule has 4 heteroatoms. The first-order valence-electron chi connectivity index (χ1n) is 20.4. The van der Waals surface area contributed by atoms with Crippen LogP contribution >= 0.6 is 0 Å². The van der Waals surface area contributed by atoms with Gasteiger partial charge in [-0.05, 0) is 43.0 Å². The summed E-state index contributed by atoms with van der Waals surface area (Å²) in [7, 11) is -6.00. The predicted octanol–water partition coefficient (Wildman–Crippen LogP) is 8.06. The summed E-state index contributed by atoms with van der Waals surface area (Å²) in [6, 6.07) is 79.6. The normalized spacial score (nSPS) is 11.8. The molecule has 286 valence electrons. The van der Waals surface area contributed by atoms with Crippen molar-refractivity contribution < 1.29 is 9.78 Å². The minimum atomic E-state index is -3.00. The van der Waals surface area contributed by atoms with Crippen molar-refractivity contribution in [1.82, 2.24) is 0 Å². The lowest BCUT2D eigenvalue weighted by Gasteiger charge is -2.37. The first-order valence-corrected chi connectivity index (χ1v) is 24.4. The summed E-state index contributed by atoms with van der Waals surface area (Å²) in [6.45, 7) is 8.98. The summed E-state index contributed by atoms with van der Waals surface area (Å²) >= 11 is 0. The first-order chi connectivity index (χ1) is 28.5. The Labute approximate surface area is 346 Å². The maximum absolute atomic E-state index is 7.18. The molecule has 0 heterocycles. The number of para-hydroxylation sites is 2. The van der Waals surface area contributed by atoms with Crippen molar-refractivity contribution in [3.05, 3.63) is 230 Å². The molecule has 0 saturated heterocycles. The summed E-state index contributed by atoms with van der Waals surface area (Å²) in [5, 5.41) is 10.0. The van der Waals surface area contributed by atoms with Crippen LogP contribution in [0, 0.1) is 0 Å². The Kier molecular flexibility index (Phi) is 11.4. The van der Waals surface area contributed by atoms with Gasteiger partial charge in [-0.1, -0.05) is 246 Å². The van der Waals surface area contributed by atoms with Crippen molar-refractivity contribution in [2.75, 3.05) is 0 Å². The van der Waals surface area contributed by atoms with Crippen LogP contribution in [0.5, 0.6) is 11.5 Å². The third kappa shape index (κ3) is 6.93. The van der Waals surface area contributed by atoms with Gasteiger partial charge in [0.25, 0.3) is 0 Å². The van der Waals surface area contributed by atoms with Crippen molar-refractivity contribution >= 4 is 57.6 Å². The van der Waals surface area contributed by atoms with Gasteiger partial charge in [0.2, 0.25) is 0 Å². The van der Waals surface area contributed by atoms with Crippen LogP contribution < -0.4 is 51.3 Å². The van der Waals surface area contributed by atoms with E-state index in [2.05, 4.69) is 246 Å². The van der Waals surface area contributed by atoms with Gasteiger partial charge in [-0.25, -0.2) is 0 Å². The van der Waals surface area contributed by atoms with Gasteiger partial charge in [-0.2, -0.15) is 0 Å². The highest BCUT2D eigenvalue weighted by Gasteiger charge is 2.46. The van der Waals surface area contributed by atoms with Crippen molar-refractivity contribution in [2.45, 2.75) is 39.5 Å². The average molecular weight is 787 g/mol. The third-order valence-electron chi connectivity index (χ3n) is 11.6. The van der Waals surface area contributed by atoms with Gasteiger partial charge in [0.1, 0.15) is 0 Å². The highest BCUT2D eigenvalue weighted by Crippen LogP contribution is 2.32. The van der Waals surface area contributed by atoms with Crippen molar-refractivity contribution in [1.29, 1.82) is 0 Å². The molecule has 2 nitrogen and oxygen atoms in total. The fraction of sp³-hybridized carbons (Fsp3) is 0.111. The molecular formula is C54H50O2Si2. The van der Waals surface area contributed by atoms with Gasteiger partial charge in [0, 0.05) is 21.5 Å². The molecule has 0 aliphatic heterocycles. The summed E-state index contributed by atoms with van der Waals surface area (Å²) in [5.74, 6) is 1.91. The minimum Gasteiger partial charge on any atom is -0.290 e. The number of hydrogen-bond acceptors (Lipinski definition) is 2. The average Bonchev–Trinajstić information content (AvgIpc) is 3.28. The fourth-order valence-electron chi connectivity index (χ4n) is 8.94. The molecule has 0 unspecified atom stereocenters. The van der Waals surface area contributed by atoms with E-state index in [1.807, 2.05) is 0 Å². The zero-order chi connectivity index (χ0) is 40.0. The second-order valence-electron chi connectivity index (χ2n) is 15.6. The summed E-state index contributed by atoms with van der Waals surface area (Å²) in [5.41, 5.74) is 2.22. The molecule has 0 saturated carbocycles. The van der Waals surface area contributed by atoms with E-state index in [9.17, 15) is 0 Å². The molecule has 0 amide bonds. The van der Waals surface area contributed by atoms with Crippen LogP contribution in [0.1, 0.15) is 50.7 Å². The monoisotopic (exact) mass is 786 g/mol. The molecule has 0 spiro atoms. The Bertz CT molecular complexity index is 2170. The van der Waals surface area contributed by atoms with Gasteiger partial charge < -0.3 is 0 Å². The smallest absolute Gasteiger partial charge is 0.184 e. The Morgan fingerprint density at radius 1 is 0.276 bits per heavy atom. The molecule has 0 aliphatic carbocycles. The van der Waals surface area contributed by atoms with Crippen LogP contribution in [0.2, 0.25) is 0 Å². The molecule has 8 aromatic rings. The predicted molar refractivity (Wildman–Crippen MR) is 250 cm³/mol. The zero-order valence-electron chi connectivity index (χ0n) is 33.8. The van der Waals surface area contributed by atoms with Crippen LogP contribution in [0.3, 0.4) is 0 Å². The van der Waals surface area contributed by atoms with E-state index in [-0.39, 0.29) is 11.8 Å². The highest BCUT2D eigenvalue weighted by molar-refractivity contribution is 7.21. The quantitative estimate of drug-likeness (QED) is 0.0510. The highest BCUT2D eigenvalue weighted by atomic mass is 28.3. The maximum Gasteiger partial charge on any atom is 0.184 e. The Balaban J connectivity index is 1.42. The largest absolute Gasteiger partial charge is 0.290 e. The molecule has 0 bridgehead atoms. The molecular weight excluding hydrogens is 737 g/mol. The number of benzene rings is 8. The minimum absolute atomic E-state index is 0.166. The van der Waals surface area contributed by atoms with Crippen molar-refractivity contribution in [2.24, 2.45) is 0 Å². The first kappa shape index (κ1) is 38.7. The lowest BCUT2D eigenvalue weighted by atomic mass is 10.0. The Morgan fingerprint density at radius 3 is 0.707 bits per heavy atom. The van der Waals surface area contributed by atoms with E-state index < -0.39 is 16.1 Å². The van der Waals surface area contributed by atoms with Crippen molar-refractivity contribution in [3.63, 3.8) is 0 Å². The summed E-state index contributed by atoms with van der Waals surface area (Å²) in [6.07, 6.45) is 0. The van der Waals surface area contributed by atoms with E-state index in [4.69, 9.17) is 9.78 Å². The van der Waals surface area contributed by atoms with Crippen molar-refractivity contribution in [3.8, 4) is 11.5 Å². The van der Waals surface area contributed by atoms with E-state index >= 15 is 0 Å². The number of rotatable bonds is 13. The van der Waals surface area contributed by atoms with Gasteiger partial charge in [0.05, 0.1) is 0 Å². The van der Waals surface area contributed by atoms with Crippen LogP contribution in [0.4, 0.5) is 0 Å². The van der Waals surface area contributed by atoms with Gasteiger partial charge >= 0.3 is 0 Å². The third-order valence-corrected chi connectivity index (χ3v) is 21.2. The second kappa shape index (κ2) is 17.1. The van der Waals surface area contributed by atoms with E-state index in [0.717, 1.165) is 33.0 Å². The molecule has 0 radical (unpaired) electrons. The maximum atomic E-state index is 7.18. The van der Waals surface area contributed by atoms with E-state index in [0.29, 0.717) is 0 Å². The van der Waals surface area contributed by atoms with E-state index in [1.165, 1.54) is 31.1 Å². The molecule has 0 fully saturated rings. The number of hydrogen-bond donors (Lipinski definition) is 0. The molecule has 0 atom stereocenters. The fourth-order valence-corrected chi connectivity index (χ4v) is 18.7. The molecule has 8 aromatic carbocycles. The van der Waals surface area contributed by atoms with Gasteiger partial charge in [-0.3, -0.25) is 9.78 Å². The molecule has 0 aliphatic rings. The van der Waals surface area contributed by atoms with Crippen LogP contribution in [0.25, 0.3) is 0 Å². The lowest BCUT2D eigenvalue weighted by Crippen LogP contribution is -2.75. The van der Waals surface area contributed by atoms with Crippen LogP contribution in [0.15, 0.2) is 218 Å². The standard InChI is InChI=1S/C54H50O2Si2/c1-41(2)49-37-23-39-51(57(43-25-11-5-12-26-43,44-27-13-6-14-28-44)45-29-15-7-16-30-45)53(49)55-56-54-50(42(3)4)38-24-40-52(54)58(46-31-17-8-18-32-46,47-33-19-9-20-34-47)48-35-21-10-22-36-48/h5-42H,1-4H3. The molecule has 0 aromatic heterocycles. The lowest BCUT2D eigenvalue weighted by molar-refractivity contribution is -0.0998. The Hall–Kier alpha value is -6.21. The van der Waals surface area contributed by atoms with Gasteiger partial charge in [0.15, 0.2) is 27.6 Å².